The highest BCUT2D eigenvalue weighted by molar-refractivity contribution is 7.99. The third-order valence-electron chi connectivity index (χ3n) is 3.37. The fourth-order valence-corrected chi connectivity index (χ4v) is 2.81. The van der Waals surface area contributed by atoms with Crippen LogP contribution in [0.5, 0.6) is 5.75 Å². The number of hydrogen-bond donors (Lipinski definition) is 1. The summed E-state index contributed by atoms with van der Waals surface area (Å²) >= 11 is 1.22. The van der Waals surface area contributed by atoms with Crippen molar-refractivity contribution in [3.8, 4) is 5.75 Å². The highest BCUT2D eigenvalue weighted by Gasteiger charge is 2.08. The summed E-state index contributed by atoms with van der Waals surface area (Å²) in [6.45, 7) is 0. The van der Waals surface area contributed by atoms with Crippen LogP contribution >= 0.6 is 11.8 Å². The molecule has 0 radical (unpaired) electrons. The summed E-state index contributed by atoms with van der Waals surface area (Å²) in [5.74, 6) is 0.704. The van der Waals surface area contributed by atoms with Crippen LogP contribution in [0.4, 0.5) is 0 Å². The van der Waals surface area contributed by atoms with E-state index in [0.29, 0.717) is 10.8 Å². The Kier molecular flexibility index (Phi) is 6.05. The molecule has 2 aromatic carbocycles. The molecule has 0 unspecified atom stereocenters. The molecule has 0 bridgehead atoms. The Morgan fingerprint density at radius 3 is 2.92 bits per heavy atom. The van der Waals surface area contributed by atoms with Crippen LogP contribution in [0.25, 0.3) is 17.2 Å². The number of nitrogens with one attached hydrogen (secondary N) is 1. The molecule has 0 aliphatic carbocycles. The zero-order chi connectivity index (χ0) is 18.2. The number of rotatable bonds is 7. The van der Waals surface area contributed by atoms with Crippen LogP contribution in [0, 0.1) is 0 Å². The van der Waals surface area contributed by atoms with Gasteiger partial charge in [-0.2, -0.15) is 5.10 Å². The average molecular weight is 367 g/mol. The number of fused-ring (bicyclic) bond motifs is 1. The molecule has 0 spiro atoms. The van der Waals surface area contributed by atoms with E-state index < -0.39 is 0 Å². The molecule has 1 N–H and O–H groups in total. The maximum atomic E-state index is 11.8. The van der Waals surface area contributed by atoms with Gasteiger partial charge >= 0.3 is 0 Å². The van der Waals surface area contributed by atoms with Crippen LogP contribution in [0.1, 0.15) is 5.56 Å². The molecule has 26 heavy (non-hydrogen) atoms. The van der Waals surface area contributed by atoms with Crippen molar-refractivity contribution < 1.29 is 13.9 Å². The second kappa shape index (κ2) is 8.87. The van der Waals surface area contributed by atoms with Crippen molar-refractivity contribution in [3.05, 3.63) is 60.2 Å². The van der Waals surface area contributed by atoms with Gasteiger partial charge in [0, 0.05) is 11.8 Å². The number of oxazole rings is 1. The Hall–Kier alpha value is -3.06. The van der Waals surface area contributed by atoms with E-state index in [2.05, 4.69) is 15.5 Å². The number of carbonyl (C=O) groups is 1. The van der Waals surface area contributed by atoms with Crippen molar-refractivity contribution >= 4 is 41.1 Å². The Bertz CT molecular complexity index is 917. The van der Waals surface area contributed by atoms with E-state index in [9.17, 15) is 4.79 Å². The van der Waals surface area contributed by atoms with Gasteiger partial charge in [-0.05, 0) is 30.4 Å². The topological polar surface area (TPSA) is 76.7 Å². The van der Waals surface area contributed by atoms with Crippen molar-refractivity contribution in [2.75, 3.05) is 12.9 Å². The number of carbonyl (C=O) groups excluding carboxylic acids is 1. The largest absolute Gasteiger partial charge is 0.496 e. The van der Waals surface area contributed by atoms with Crippen molar-refractivity contribution in [1.82, 2.24) is 10.4 Å². The molecule has 0 saturated carbocycles. The van der Waals surface area contributed by atoms with Gasteiger partial charge in [0.15, 0.2) is 5.58 Å². The van der Waals surface area contributed by atoms with E-state index in [1.54, 1.807) is 13.2 Å². The van der Waals surface area contributed by atoms with Gasteiger partial charge in [-0.1, -0.05) is 42.1 Å². The van der Waals surface area contributed by atoms with E-state index in [4.69, 9.17) is 9.15 Å². The highest BCUT2D eigenvalue weighted by Crippen LogP contribution is 2.22. The van der Waals surface area contributed by atoms with Crippen LogP contribution in [0.2, 0.25) is 0 Å². The molecule has 132 valence electrons. The lowest BCUT2D eigenvalue weighted by Crippen LogP contribution is -2.19. The lowest BCUT2D eigenvalue weighted by atomic mass is 10.2. The van der Waals surface area contributed by atoms with Crippen molar-refractivity contribution in [1.29, 1.82) is 0 Å². The van der Waals surface area contributed by atoms with Crippen LogP contribution in [0.15, 0.2) is 69.3 Å². The summed E-state index contributed by atoms with van der Waals surface area (Å²) in [6, 6.07) is 15.1. The van der Waals surface area contributed by atoms with E-state index in [1.165, 1.54) is 18.0 Å². The highest BCUT2D eigenvalue weighted by atomic mass is 32.2. The number of ether oxygens (including phenoxy) is 1. The molecule has 6 nitrogen and oxygen atoms in total. The monoisotopic (exact) mass is 367 g/mol. The lowest BCUT2D eigenvalue weighted by Gasteiger charge is -2.02. The molecule has 0 aliphatic rings. The zero-order valence-corrected chi connectivity index (χ0v) is 14.9. The first-order chi connectivity index (χ1) is 12.8. The number of thioether (sulfide) groups is 1. The molecule has 0 atom stereocenters. The molecule has 0 aliphatic heterocycles. The fraction of sp³-hybridized carbons (Fsp3) is 0.105. The van der Waals surface area contributed by atoms with E-state index in [1.807, 2.05) is 54.6 Å². The molecule has 3 aromatic rings. The number of amides is 1. The fourth-order valence-electron chi connectivity index (χ4n) is 2.18. The number of methoxy groups -OCH3 is 1. The maximum Gasteiger partial charge on any atom is 0.257 e. The van der Waals surface area contributed by atoms with Gasteiger partial charge in [0.05, 0.1) is 12.9 Å². The summed E-state index contributed by atoms with van der Waals surface area (Å²) in [7, 11) is 1.62. The number of hydrazone groups is 1. The van der Waals surface area contributed by atoms with Gasteiger partial charge in [0.25, 0.3) is 11.1 Å². The quantitative estimate of drug-likeness (QED) is 0.391. The van der Waals surface area contributed by atoms with Crippen LogP contribution < -0.4 is 10.2 Å². The molecule has 3 rings (SSSR count). The third kappa shape index (κ3) is 4.73. The first kappa shape index (κ1) is 17.8. The van der Waals surface area contributed by atoms with E-state index in [-0.39, 0.29) is 11.7 Å². The zero-order valence-electron chi connectivity index (χ0n) is 14.1. The summed E-state index contributed by atoms with van der Waals surface area (Å²) in [6.07, 6.45) is 5.09. The normalized spacial score (nSPS) is 11.4. The summed E-state index contributed by atoms with van der Waals surface area (Å²) in [5.41, 5.74) is 4.87. The molecular formula is C19H17N3O3S. The minimum absolute atomic E-state index is 0.167. The Labute approximate surface area is 154 Å². The average Bonchev–Trinajstić information content (AvgIpc) is 3.09. The van der Waals surface area contributed by atoms with Crippen LogP contribution in [-0.2, 0) is 4.79 Å². The predicted molar refractivity (Wildman–Crippen MR) is 103 cm³/mol. The van der Waals surface area contributed by atoms with Gasteiger partial charge in [0.2, 0.25) is 0 Å². The molecule has 0 saturated heterocycles. The Balaban J connectivity index is 1.46. The summed E-state index contributed by atoms with van der Waals surface area (Å²) < 4.78 is 10.8. The maximum absolute atomic E-state index is 11.8. The number of allylic oxidation sites excluding steroid dienone is 1. The molecule has 1 heterocycles. The lowest BCUT2D eigenvalue weighted by molar-refractivity contribution is -0.118. The van der Waals surface area contributed by atoms with Gasteiger partial charge in [-0.25, -0.2) is 10.4 Å². The van der Waals surface area contributed by atoms with Gasteiger partial charge in [-0.3, -0.25) is 4.79 Å². The number of benzene rings is 2. The van der Waals surface area contributed by atoms with Crippen LogP contribution in [0.3, 0.4) is 0 Å². The molecule has 1 amide bonds. The minimum atomic E-state index is -0.237. The number of para-hydroxylation sites is 3. The minimum Gasteiger partial charge on any atom is -0.496 e. The van der Waals surface area contributed by atoms with Crippen molar-refractivity contribution in [3.63, 3.8) is 0 Å². The Morgan fingerprint density at radius 1 is 1.27 bits per heavy atom. The molecular weight excluding hydrogens is 350 g/mol. The van der Waals surface area contributed by atoms with E-state index in [0.717, 1.165) is 16.8 Å². The standard InChI is InChI=1S/C19H17N3O3S/c1-24-16-10-4-2-7-14(16)8-6-12-20-22-18(23)13-26-19-21-15-9-3-5-11-17(15)25-19/h2-12H,13H2,1H3,(H,22,23)/b8-6+,20-12-. The summed E-state index contributed by atoms with van der Waals surface area (Å²) in [4.78, 5) is 16.1. The third-order valence-corrected chi connectivity index (χ3v) is 4.19. The molecule has 7 heteroatoms. The molecule has 0 fully saturated rings. The first-order valence-electron chi connectivity index (χ1n) is 7.86. The Morgan fingerprint density at radius 2 is 2.08 bits per heavy atom. The van der Waals surface area contributed by atoms with Gasteiger partial charge in [-0.15, -0.1) is 0 Å². The number of hydrogen-bond acceptors (Lipinski definition) is 6. The van der Waals surface area contributed by atoms with Crippen molar-refractivity contribution in [2.45, 2.75) is 5.22 Å². The first-order valence-corrected chi connectivity index (χ1v) is 8.85. The van der Waals surface area contributed by atoms with E-state index >= 15 is 0 Å². The number of aromatic nitrogens is 1. The second-order valence-corrected chi connectivity index (χ2v) is 6.08. The number of nitrogens with zero attached hydrogens (tertiary/aromatic N) is 2. The van der Waals surface area contributed by atoms with Crippen molar-refractivity contribution in [2.24, 2.45) is 5.10 Å². The summed E-state index contributed by atoms with van der Waals surface area (Å²) in [5, 5.41) is 4.34. The second-order valence-electron chi connectivity index (χ2n) is 5.15. The predicted octanol–water partition coefficient (Wildman–Crippen LogP) is 3.74. The smallest absolute Gasteiger partial charge is 0.257 e. The van der Waals surface area contributed by atoms with Crippen LogP contribution in [-0.4, -0.2) is 30.0 Å². The van der Waals surface area contributed by atoms with Gasteiger partial charge in [0.1, 0.15) is 11.3 Å². The SMILES string of the molecule is COc1ccccc1/C=C/C=N\NC(=O)CSc1nc2ccccc2o1. The molecule has 1 aromatic heterocycles. The van der Waals surface area contributed by atoms with Gasteiger partial charge < -0.3 is 9.15 Å².